The Labute approximate surface area is 155 Å². The lowest BCUT2D eigenvalue weighted by Gasteiger charge is -2.13. The van der Waals surface area contributed by atoms with Crippen molar-refractivity contribution in [2.24, 2.45) is 0 Å². The molecule has 7 heteroatoms. The van der Waals surface area contributed by atoms with Crippen LogP contribution in [0.25, 0.3) is 10.8 Å². The van der Waals surface area contributed by atoms with E-state index in [0.29, 0.717) is 26.6 Å². The summed E-state index contributed by atoms with van der Waals surface area (Å²) in [5, 5.41) is 10.4. The Hall–Kier alpha value is -2.54. The molecule has 0 aliphatic heterocycles. The molecule has 0 aliphatic rings. The summed E-state index contributed by atoms with van der Waals surface area (Å²) >= 11 is 3.39. The molecule has 0 atom stereocenters. The second-order valence-electron chi connectivity index (χ2n) is 5.57. The van der Waals surface area contributed by atoms with E-state index in [0.717, 1.165) is 12.1 Å². The van der Waals surface area contributed by atoms with Gasteiger partial charge in [0.25, 0.3) is 0 Å². The fraction of sp³-hybridized carbons (Fsp3) is 0.105. The zero-order valence-corrected chi connectivity index (χ0v) is 14.8. The summed E-state index contributed by atoms with van der Waals surface area (Å²) in [6.45, 7) is -0.0490. The molecule has 1 N–H and O–H groups in total. The maximum Gasteiger partial charge on any atom is 0.416 e. The minimum Gasteiger partial charge on any atom is -0.488 e. The largest absolute Gasteiger partial charge is 0.488 e. The van der Waals surface area contributed by atoms with Crippen LogP contribution in [0.3, 0.4) is 0 Å². The summed E-state index contributed by atoms with van der Waals surface area (Å²) in [7, 11) is 0. The van der Waals surface area contributed by atoms with Crippen LogP contribution < -0.4 is 4.74 Å². The van der Waals surface area contributed by atoms with Crippen molar-refractivity contribution in [1.29, 1.82) is 0 Å². The van der Waals surface area contributed by atoms with Crippen LogP contribution in [0.15, 0.2) is 59.1 Å². The van der Waals surface area contributed by atoms with Gasteiger partial charge in [-0.2, -0.15) is 13.2 Å². The number of hydrogen-bond acceptors (Lipinski definition) is 2. The molecule has 0 aromatic heterocycles. The van der Waals surface area contributed by atoms with Crippen LogP contribution in [0.4, 0.5) is 13.2 Å². The molecule has 0 unspecified atom stereocenters. The lowest BCUT2D eigenvalue weighted by Crippen LogP contribution is -2.06. The van der Waals surface area contributed by atoms with Crippen molar-refractivity contribution in [2.75, 3.05) is 0 Å². The van der Waals surface area contributed by atoms with Gasteiger partial charge in [-0.3, -0.25) is 0 Å². The van der Waals surface area contributed by atoms with E-state index in [1.807, 2.05) is 0 Å². The number of carbonyl (C=O) groups is 1. The van der Waals surface area contributed by atoms with E-state index in [1.54, 1.807) is 30.3 Å². The molecule has 3 rings (SSSR count). The van der Waals surface area contributed by atoms with Gasteiger partial charge in [-0.05, 0) is 57.2 Å². The maximum absolute atomic E-state index is 12.8. The van der Waals surface area contributed by atoms with Crippen LogP contribution in [0.5, 0.6) is 5.75 Å². The minimum atomic E-state index is -4.41. The lowest BCUT2D eigenvalue weighted by molar-refractivity contribution is -0.137. The van der Waals surface area contributed by atoms with E-state index in [2.05, 4.69) is 15.9 Å². The molecule has 0 fully saturated rings. The molecule has 0 saturated heterocycles. The Morgan fingerprint density at radius 3 is 2.46 bits per heavy atom. The van der Waals surface area contributed by atoms with Crippen LogP contribution in [0.2, 0.25) is 0 Å². The zero-order chi connectivity index (χ0) is 18.9. The molecule has 0 radical (unpaired) electrons. The van der Waals surface area contributed by atoms with Crippen LogP contribution in [-0.2, 0) is 12.8 Å². The highest BCUT2D eigenvalue weighted by atomic mass is 79.9. The Bertz CT molecular complexity index is 983. The summed E-state index contributed by atoms with van der Waals surface area (Å²) < 4.78 is 44.5. The van der Waals surface area contributed by atoms with E-state index >= 15 is 0 Å². The Morgan fingerprint density at radius 2 is 1.77 bits per heavy atom. The van der Waals surface area contributed by atoms with Crippen LogP contribution >= 0.6 is 15.9 Å². The Kier molecular flexibility index (Phi) is 4.91. The average Bonchev–Trinajstić information content (AvgIpc) is 2.60. The zero-order valence-electron chi connectivity index (χ0n) is 13.2. The predicted octanol–water partition coefficient (Wildman–Crippen LogP) is 5.90. The first-order valence-electron chi connectivity index (χ1n) is 7.51. The summed E-state index contributed by atoms with van der Waals surface area (Å²) in [6.07, 6.45) is -4.41. The standard InChI is InChI=1S/C19H12BrF3O3/c20-17-14-5-2-6-15(18(24)25)13(14)7-8-16(17)26-10-11-3-1-4-12(9-11)19(21,22)23/h1-9H,10H2,(H,24,25). The highest BCUT2D eigenvalue weighted by Crippen LogP contribution is 2.35. The summed E-state index contributed by atoms with van der Waals surface area (Å²) in [6, 6.07) is 13.0. The van der Waals surface area contributed by atoms with Crippen LogP contribution in [0.1, 0.15) is 21.5 Å². The first-order valence-corrected chi connectivity index (χ1v) is 8.30. The summed E-state index contributed by atoms with van der Waals surface area (Å²) in [5.74, 6) is -0.627. The number of halogens is 4. The number of rotatable bonds is 4. The number of carboxylic acid groups (broad SMARTS) is 1. The lowest BCUT2D eigenvalue weighted by atomic mass is 10.0. The normalized spacial score (nSPS) is 11.5. The Morgan fingerprint density at radius 1 is 1.04 bits per heavy atom. The number of benzene rings is 3. The third-order valence-electron chi connectivity index (χ3n) is 3.84. The molecule has 26 heavy (non-hydrogen) atoms. The molecule has 3 aromatic carbocycles. The Balaban J connectivity index is 1.89. The average molecular weight is 425 g/mol. The predicted molar refractivity (Wildman–Crippen MR) is 94.4 cm³/mol. The highest BCUT2D eigenvalue weighted by Gasteiger charge is 2.30. The number of hydrogen-bond donors (Lipinski definition) is 1. The van der Waals surface area contributed by atoms with Gasteiger partial charge in [0.05, 0.1) is 15.6 Å². The van der Waals surface area contributed by atoms with E-state index in [-0.39, 0.29) is 12.2 Å². The molecule has 0 heterocycles. The summed E-state index contributed by atoms with van der Waals surface area (Å²) in [4.78, 5) is 11.3. The molecule has 0 bridgehead atoms. The first-order chi connectivity index (χ1) is 12.3. The molecule has 0 amide bonds. The van der Waals surface area contributed by atoms with Crippen molar-refractivity contribution in [3.05, 3.63) is 75.8 Å². The van der Waals surface area contributed by atoms with Gasteiger partial charge in [0.15, 0.2) is 0 Å². The van der Waals surface area contributed by atoms with Gasteiger partial charge >= 0.3 is 12.1 Å². The van der Waals surface area contributed by atoms with Gasteiger partial charge < -0.3 is 9.84 Å². The van der Waals surface area contributed by atoms with Crippen molar-refractivity contribution in [3.8, 4) is 5.75 Å². The van der Waals surface area contributed by atoms with Crippen molar-refractivity contribution in [1.82, 2.24) is 0 Å². The van der Waals surface area contributed by atoms with Gasteiger partial charge in [0.2, 0.25) is 0 Å². The molecule has 0 spiro atoms. The van der Waals surface area contributed by atoms with Crippen LogP contribution in [-0.4, -0.2) is 11.1 Å². The molecule has 3 aromatic rings. The molecule has 0 aliphatic carbocycles. The molecular formula is C19H12BrF3O3. The highest BCUT2D eigenvalue weighted by molar-refractivity contribution is 9.10. The van der Waals surface area contributed by atoms with E-state index in [9.17, 15) is 23.1 Å². The fourth-order valence-corrected chi connectivity index (χ4v) is 3.19. The monoisotopic (exact) mass is 424 g/mol. The van der Waals surface area contributed by atoms with Gasteiger partial charge in [-0.1, -0.05) is 24.3 Å². The fourth-order valence-electron chi connectivity index (χ4n) is 2.60. The number of ether oxygens (including phenoxy) is 1. The van der Waals surface area contributed by atoms with E-state index in [4.69, 9.17) is 4.74 Å². The number of aromatic carboxylic acids is 1. The van der Waals surface area contributed by atoms with E-state index in [1.165, 1.54) is 12.1 Å². The first kappa shape index (κ1) is 18.3. The number of alkyl halides is 3. The van der Waals surface area contributed by atoms with Crippen molar-refractivity contribution < 1.29 is 27.8 Å². The van der Waals surface area contributed by atoms with Crippen molar-refractivity contribution >= 4 is 32.7 Å². The number of fused-ring (bicyclic) bond motifs is 1. The third-order valence-corrected chi connectivity index (χ3v) is 4.66. The maximum atomic E-state index is 12.8. The quantitative estimate of drug-likeness (QED) is 0.567. The molecular weight excluding hydrogens is 413 g/mol. The van der Waals surface area contributed by atoms with Gasteiger partial charge in [-0.25, -0.2) is 4.79 Å². The van der Waals surface area contributed by atoms with Crippen molar-refractivity contribution in [2.45, 2.75) is 12.8 Å². The third kappa shape index (κ3) is 3.67. The smallest absolute Gasteiger partial charge is 0.416 e. The van der Waals surface area contributed by atoms with Gasteiger partial charge in [0, 0.05) is 5.39 Å². The molecule has 3 nitrogen and oxygen atoms in total. The van der Waals surface area contributed by atoms with Crippen LogP contribution in [0, 0.1) is 0 Å². The molecule has 0 saturated carbocycles. The van der Waals surface area contributed by atoms with Gasteiger partial charge in [-0.15, -0.1) is 0 Å². The second-order valence-corrected chi connectivity index (χ2v) is 6.36. The van der Waals surface area contributed by atoms with Gasteiger partial charge in [0.1, 0.15) is 12.4 Å². The topological polar surface area (TPSA) is 46.5 Å². The molecule has 134 valence electrons. The van der Waals surface area contributed by atoms with Crippen molar-refractivity contribution in [3.63, 3.8) is 0 Å². The van der Waals surface area contributed by atoms with E-state index < -0.39 is 17.7 Å². The minimum absolute atomic E-state index is 0.0490. The number of carboxylic acids is 1. The SMILES string of the molecule is O=C(O)c1cccc2c(Br)c(OCc3cccc(C(F)(F)F)c3)ccc12. The second kappa shape index (κ2) is 6.99. The summed E-state index contributed by atoms with van der Waals surface area (Å²) in [5.41, 5.74) is -0.194.